The van der Waals surface area contributed by atoms with Crippen molar-refractivity contribution in [2.24, 2.45) is 5.14 Å². The summed E-state index contributed by atoms with van der Waals surface area (Å²) in [7, 11) is -3.87. The summed E-state index contributed by atoms with van der Waals surface area (Å²) < 4.78 is 28.1. The highest BCUT2D eigenvalue weighted by molar-refractivity contribution is 7.89. The normalized spacial score (nSPS) is 16.4. The molecule has 4 N–H and O–H groups in total. The Kier molecular flexibility index (Phi) is 7.55. The topological polar surface area (TPSA) is 128 Å². The molecule has 0 fully saturated rings. The van der Waals surface area contributed by atoms with Gasteiger partial charge in [-0.05, 0) is 68.7 Å². The highest BCUT2D eigenvalue weighted by Crippen LogP contribution is 2.28. The molecule has 170 valence electrons. The molecule has 0 bridgehead atoms. The predicted octanol–water partition coefficient (Wildman–Crippen LogP) is 3.20. The summed E-state index contributed by atoms with van der Waals surface area (Å²) in [5.41, 5.74) is 1.79. The van der Waals surface area contributed by atoms with Crippen molar-refractivity contribution < 1.29 is 22.7 Å². The lowest BCUT2D eigenvalue weighted by Crippen LogP contribution is -2.39. The van der Waals surface area contributed by atoms with Crippen molar-refractivity contribution >= 4 is 39.2 Å². The van der Waals surface area contributed by atoms with Gasteiger partial charge < -0.3 is 15.4 Å². The van der Waals surface area contributed by atoms with Gasteiger partial charge in [0.15, 0.2) is 0 Å². The van der Waals surface area contributed by atoms with Gasteiger partial charge in [0.1, 0.15) is 0 Å². The number of primary sulfonamides is 1. The van der Waals surface area contributed by atoms with Crippen molar-refractivity contribution in [3.8, 4) is 0 Å². The first-order chi connectivity index (χ1) is 15.2. The molecular formula is C22H24ClN3O5S. The van der Waals surface area contributed by atoms with Gasteiger partial charge in [-0.3, -0.25) is 4.79 Å². The van der Waals surface area contributed by atoms with Gasteiger partial charge in [-0.1, -0.05) is 17.7 Å². The molecule has 0 aliphatic heterocycles. The van der Waals surface area contributed by atoms with Crippen LogP contribution < -0.4 is 15.8 Å². The van der Waals surface area contributed by atoms with E-state index in [4.69, 9.17) is 21.5 Å². The van der Waals surface area contributed by atoms with Crippen LogP contribution in [0.3, 0.4) is 0 Å². The third-order valence-electron chi connectivity index (χ3n) is 4.97. The number of nitrogens with two attached hydrogens (primary N) is 1. The van der Waals surface area contributed by atoms with E-state index in [-0.39, 0.29) is 23.1 Å². The Bertz CT molecular complexity index is 1150. The molecule has 0 saturated heterocycles. The summed E-state index contributed by atoms with van der Waals surface area (Å²) in [5.74, 6) is -0.965. The van der Waals surface area contributed by atoms with Crippen LogP contribution in [0.4, 0.5) is 5.69 Å². The molecule has 1 unspecified atom stereocenters. The summed E-state index contributed by atoms with van der Waals surface area (Å²) in [6.07, 6.45) is 1.87. The highest BCUT2D eigenvalue weighted by atomic mass is 35.5. The Balaban J connectivity index is 1.91. The molecule has 8 nitrogen and oxygen atoms in total. The van der Waals surface area contributed by atoms with Gasteiger partial charge in [-0.25, -0.2) is 18.4 Å². The smallest absolute Gasteiger partial charge is 0.335 e. The first-order valence-electron chi connectivity index (χ1n) is 10.1. The SMILES string of the molecule is CCOC(=O)C1=C(NC(=O)c2ccc(S(N)(=O)=O)cc2)C(Nc2cccc(Cl)c2)CCC1. The summed E-state index contributed by atoms with van der Waals surface area (Å²) in [6, 6.07) is 12.0. The predicted molar refractivity (Wildman–Crippen MR) is 122 cm³/mol. The zero-order valence-corrected chi connectivity index (χ0v) is 19.0. The zero-order chi connectivity index (χ0) is 23.3. The Labute approximate surface area is 191 Å². The molecule has 0 saturated carbocycles. The minimum Gasteiger partial charge on any atom is -0.463 e. The van der Waals surface area contributed by atoms with E-state index >= 15 is 0 Å². The fraction of sp³-hybridized carbons (Fsp3) is 0.273. The number of esters is 1. The number of nitrogens with one attached hydrogen (secondary N) is 2. The molecular weight excluding hydrogens is 454 g/mol. The van der Waals surface area contributed by atoms with Crippen LogP contribution in [0.25, 0.3) is 0 Å². The van der Waals surface area contributed by atoms with E-state index in [0.717, 1.165) is 12.1 Å². The van der Waals surface area contributed by atoms with Crippen molar-refractivity contribution in [1.82, 2.24) is 5.32 Å². The van der Waals surface area contributed by atoms with Gasteiger partial charge in [-0.15, -0.1) is 0 Å². The molecule has 1 aliphatic carbocycles. The third-order valence-corrected chi connectivity index (χ3v) is 6.14. The molecule has 1 atom stereocenters. The Morgan fingerprint density at radius 2 is 1.91 bits per heavy atom. The second-order valence-electron chi connectivity index (χ2n) is 7.24. The standard InChI is InChI=1S/C22H24ClN3O5S/c1-2-31-22(28)18-7-4-8-19(25-16-6-3-5-15(23)13-16)20(18)26-21(27)14-9-11-17(12-10-14)32(24,29)30/h3,5-6,9-13,19,25H,2,4,7-8H2,1H3,(H,26,27)(H2,24,29,30). The van der Waals surface area contributed by atoms with Gasteiger partial charge in [0.05, 0.1) is 28.8 Å². The maximum atomic E-state index is 12.9. The van der Waals surface area contributed by atoms with Crippen LogP contribution in [-0.2, 0) is 19.6 Å². The van der Waals surface area contributed by atoms with E-state index in [1.54, 1.807) is 25.1 Å². The number of halogens is 1. The lowest BCUT2D eigenvalue weighted by atomic mass is 9.91. The maximum absolute atomic E-state index is 12.9. The number of sulfonamides is 1. The minimum atomic E-state index is -3.87. The lowest BCUT2D eigenvalue weighted by Gasteiger charge is -2.30. The molecule has 1 aliphatic rings. The van der Waals surface area contributed by atoms with E-state index in [1.165, 1.54) is 24.3 Å². The quantitative estimate of drug-likeness (QED) is 0.525. The van der Waals surface area contributed by atoms with E-state index in [1.807, 2.05) is 6.07 Å². The number of ether oxygens (including phenoxy) is 1. The van der Waals surface area contributed by atoms with Crippen LogP contribution in [0.15, 0.2) is 64.7 Å². The summed E-state index contributed by atoms with van der Waals surface area (Å²) in [5, 5.41) is 11.8. The largest absolute Gasteiger partial charge is 0.463 e. The van der Waals surface area contributed by atoms with Crippen molar-refractivity contribution in [2.75, 3.05) is 11.9 Å². The number of amides is 1. The molecule has 0 aromatic heterocycles. The molecule has 0 heterocycles. The monoisotopic (exact) mass is 477 g/mol. The van der Waals surface area contributed by atoms with Gasteiger partial charge in [-0.2, -0.15) is 0 Å². The van der Waals surface area contributed by atoms with E-state index in [2.05, 4.69) is 10.6 Å². The molecule has 3 rings (SSSR count). The number of anilines is 1. The summed E-state index contributed by atoms with van der Waals surface area (Å²) in [4.78, 5) is 25.4. The molecule has 32 heavy (non-hydrogen) atoms. The lowest BCUT2D eigenvalue weighted by molar-refractivity contribution is -0.138. The highest BCUT2D eigenvalue weighted by Gasteiger charge is 2.29. The van der Waals surface area contributed by atoms with Crippen molar-refractivity contribution in [1.29, 1.82) is 0 Å². The fourth-order valence-corrected chi connectivity index (χ4v) is 4.19. The Hall–Kier alpha value is -2.88. The van der Waals surface area contributed by atoms with Gasteiger partial charge in [0, 0.05) is 16.3 Å². The minimum absolute atomic E-state index is 0.0985. The van der Waals surface area contributed by atoms with E-state index in [9.17, 15) is 18.0 Å². The zero-order valence-electron chi connectivity index (χ0n) is 17.4. The van der Waals surface area contributed by atoms with Crippen LogP contribution in [0.1, 0.15) is 36.5 Å². The van der Waals surface area contributed by atoms with Gasteiger partial charge in [0.2, 0.25) is 10.0 Å². The number of carbonyl (C=O) groups excluding carboxylic acids is 2. The summed E-state index contributed by atoms with van der Waals surface area (Å²) >= 11 is 6.08. The Morgan fingerprint density at radius 3 is 2.53 bits per heavy atom. The second kappa shape index (κ2) is 10.2. The average molecular weight is 478 g/mol. The van der Waals surface area contributed by atoms with Crippen LogP contribution >= 0.6 is 11.6 Å². The van der Waals surface area contributed by atoms with E-state index in [0.29, 0.717) is 29.1 Å². The van der Waals surface area contributed by atoms with Gasteiger partial charge in [0.25, 0.3) is 5.91 Å². The molecule has 10 heteroatoms. The Morgan fingerprint density at radius 1 is 1.19 bits per heavy atom. The first-order valence-corrected chi connectivity index (χ1v) is 12.0. The van der Waals surface area contributed by atoms with Crippen molar-refractivity contribution in [3.63, 3.8) is 0 Å². The molecule has 0 radical (unpaired) electrons. The van der Waals surface area contributed by atoms with Crippen molar-refractivity contribution in [2.45, 2.75) is 37.1 Å². The third kappa shape index (κ3) is 5.87. The number of benzene rings is 2. The molecule has 0 spiro atoms. The van der Waals surface area contributed by atoms with Crippen LogP contribution in [-0.4, -0.2) is 32.9 Å². The fourth-order valence-electron chi connectivity index (χ4n) is 3.48. The number of carbonyl (C=O) groups is 2. The van der Waals surface area contributed by atoms with Gasteiger partial charge >= 0.3 is 5.97 Å². The average Bonchev–Trinajstić information content (AvgIpc) is 2.74. The first kappa shape index (κ1) is 23.8. The van der Waals surface area contributed by atoms with Crippen molar-refractivity contribution in [3.05, 3.63) is 70.4 Å². The second-order valence-corrected chi connectivity index (χ2v) is 9.23. The molecule has 2 aromatic rings. The molecule has 2 aromatic carbocycles. The maximum Gasteiger partial charge on any atom is 0.335 e. The van der Waals surface area contributed by atoms with E-state index < -0.39 is 21.9 Å². The van der Waals surface area contributed by atoms with Crippen LogP contribution in [0.2, 0.25) is 5.02 Å². The van der Waals surface area contributed by atoms with Crippen LogP contribution in [0, 0.1) is 0 Å². The number of hydrogen-bond acceptors (Lipinski definition) is 6. The number of rotatable bonds is 7. The molecule has 1 amide bonds. The summed E-state index contributed by atoms with van der Waals surface area (Å²) in [6.45, 7) is 1.93. The van der Waals surface area contributed by atoms with Crippen LogP contribution in [0.5, 0.6) is 0 Å². The number of hydrogen-bond donors (Lipinski definition) is 3.